The van der Waals surface area contributed by atoms with Crippen molar-refractivity contribution < 1.29 is 80.4 Å². The van der Waals surface area contributed by atoms with Gasteiger partial charge in [0.15, 0.2) is 12.4 Å². The summed E-state index contributed by atoms with van der Waals surface area (Å²) in [6.07, 6.45) is -6.08. The van der Waals surface area contributed by atoms with Crippen LogP contribution in [0.4, 0.5) is 0 Å². The first kappa shape index (κ1) is 35.4. The van der Waals surface area contributed by atoms with Gasteiger partial charge in [0.2, 0.25) is 0 Å². The van der Waals surface area contributed by atoms with Gasteiger partial charge in [-0.15, -0.1) is 0 Å². The van der Waals surface area contributed by atoms with Gasteiger partial charge in [0.25, 0.3) is 0 Å². The SMILES string of the molecule is CC([O-])=N[C@H]1[C@@H](OCc2ccccc2)O[C@H](COC(=O)C(C)(C)C)[C@@H](OS(=O)(=O)O)[C@@H]1OC(=O)C(C)(C)C.[Na+]. The van der Waals surface area contributed by atoms with Crippen molar-refractivity contribution in [3.8, 4) is 0 Å². The Balaban J connectivity index is 0.00000760. The smallest absolute Gasteiger partial charge is 0.862 e. The molecular formula is C25H36NNaO11S. The second-order valence-corrected chi connectivity index (χ2v) is 12.0. The Labute approximate surface area is 251 Å². The molecular weight excluding hydrogens is 545 g/mol. The second kappa shape index (κ2) is 14.4. The van der Waals surface area contributed by atoms with Gasteiger partial charge >= 0.3 is 51.9 Å². The molecule has 1 saturated heterocycles. The number of ether oxygens (including phenoxy) is 4. The molecule has 1 aromatic rings. The molecule has 39 heavy (non-hydrogen) atoms. The molecule has 0 bridgehead atoms. The molecule has 0 spiro atoms. The van der Waals surface area contributed by atoms with Crippen molar-refractivity contribution in [3.05, 3.63) is 35.9 Å². The van der Waals surface area contributed by atoms with Crippen molar-refractivity contribution in [1.82, 2.24) is 0 Å². The van der Waals surface area contributed by atoms with Crippen molar-refractivity contribution in [2.24, 2.45) is 15.8 Å². The van der Waals surface area contributed by atoms with Gasteiger partial charge in [0.1, 0.15) is 24.9 Å². The predicted molar refractivity (Wildman–Crippen MR) is 133 cm³/mol. The van der Waals surface area contributed by atoms with Crippen molar-refractivity contribution in [2.45, 2.75) is 85.7 Å². The number of benzene rings is 1. The molecule has 0 aliphatic carbocycles. The van der Waals surface area contributed by atoms with E-state index in [0.717, 1.165) is 12.5 Å². The number of esters is 2. The molecule has 0 amide bonds. The van der Waals surface area contributed by atoms with Crippen molar-refractivity contribution in [2.75, 3.05) is 6.61 Å². The Bertz CT molecular complexity index is 1090. The third kappa shape index (κ3) is 11.4. The molecule has 2 rings (SSSR count). The van der Waals surface area contributed by atoms with Crippen LogP contribution in [0.15, 0.2) is 35.3 Å². The van der Waals surface area contributed by atoms with Crippen molar-refractivity contribution in [1.29, 1.82) is 0 Å². The van der Waals surface area contributed by atoms with Gasteiger partial charge in [-0.1, -0.05) is 30.3 Å². The van der Waals surface area contributed by atoms with E-state index in [1.54, 1.807) is 65.8 Å². The average Bonchev–Trinajstić information content (AvgIpc) is 2.77. The van der Waals surface area contributed by atoms with Crippen molar-refractivity contribution in [3.63, 3.8) is 0 Å². The minimum Gasteiger partial charge on any atom is -0.862 e. The Hall–Kier alpha value is -1.58. The Morgan fingerprint density at radius 2 is 1.59 bits per heavy atom. The largest absolute Gasteiger partial charge is 1.00 e. The third-order valence-corrected chi connectivity index (χ3v) is 5.75. The molecule has 1 N–H and O–H groups in total. The fraction of sp³-hybridized carbons (Fsp3) is 0.640. The van der Waals surface area contributed by atoms with Crippen LogP contribution in [0, 0.1) is 10.8 Å². The first-order chi connectivity index (χ1) is 17.4. The monoisotopic (exact) mass is 581 g/mol. The van der Waals surface area contributed by atoms with Gasteiger partial charge < -0.3 is 24.1 Å². The summed E-state index contributed by atoms with van der Waals surface area (Å²) in [6, 6.07) is 7.57. The molecule has 1 heterocycles. The third-order valence-electron chi connectivity index (χ3n) is 5.28. The summed E-state index contributed by atoms with van der Waals surface area (Å²) in [5.74, 6) is -2.09. The minimum absolute atomic E-state index is 0. The maximum absolute atomic E-state index is 12.9. The number of rotatable bonds is 9. The van der Waals surface area contributed by atoms with Crippen LogP contribution in [0.2, 0.25) is 0 Å². The van der Waals surface area contributed by atoms with Gasteiger partial charge in [-0.2, -0.15) is 8.42 Å². The normalized spacial score (nSPS) is 24.4. The van der Waals surface area contributed by atoms with E-state index < -0.39 is 76.3 Å². The Morgan fingerprint density at radius 3 is 2.08 bits per heavy atom. The molecule has 214 valence electrons. The second-order valence-electron chi connectivity index (χ2n) is 10.9. The van der Waals surface area contributed by atoms with Gasteiger partial charge in [-0.05, 0) is 59.9 Å². The molecule has 1 aromatic carbocycles. The zero-order chi connectivity index (χ0) is 28.9. The Morgan fingerprint density at radius 1 is 1.03 bits per heavy atom. The predicted octanol–water partition coefficient (Wildman–Crippen LogP) is -1.19. The molecule has 5 atom stereocenters. The summed E-state index contributed by atoms with van der Waals surface area (Å²) < 4.78 is 60.7. The van der Waals surface area contributed by atoms with Crippen LogP contribution in [0.3, 0.4) is 0 Å². The van der Waals surface area contributed by atoms with E-state index in [1.807, 2.05) is 6.07 Å². The van der Waals surface area contributed by atoms with E-state index in [1.165, 1.54) is 0 Å². The number of hydrogen-bond donors (Lipinski definition) is 1. The number of aliphatic imine (C=N–C) groups is 1. The Kier molecular flexibility index (Phi) is 13.0. The van der Waals surface area contributed by atoms with Crippen LogP contribution >= 0.6 is 0 Å². The zero-order valence-electron chi connectivity index (χ0n) is 23.6. The maximum atomic E-state index is 12.9. The zero-order valence-corrected chi connectivity index (χ0v) is 26.4. The van der Waals surface area contributed by atoms with E-state index >= 15 is 0 Å². The number of carbonyl (C=O) groups is 2. The molecule has 1 aliphatic heterocycles. The van der Waals surface area contributed by atoms with Crippen LogP contribution < -0.4 is 34.7 Å². The summed E-state index contributed by atoms with van der Waals surface area (Å²) in [5.41, 5.74) is -1.20. The van der Waals surface area contributed by atoms with Gasteiger partial charge in [-0.3, -0.25) is 19.1 Å². The molecule has 0 aromatic heterocycles. The van der Waals surface area contributed by atoms with E-state index in [-0.39, 0.29) is 36.2 Å². The van der Waals surface area contributed by atoms with E-state index in [2.05, 4.69) is 4.99 Å². The van der Waals surface area contributed by atoms with E-state index in [9.17, 15) is 27.7 Å². The van der Waals surface area contributed by atoms with Crippen LogP contribution in [-0.4, -0.2) is 68.1 Å². The quantitative estimate of drug-likeness (QED) is 0.122. The summed E-state index contributed by atoms with van der Waals surface area (Å²) in [4.78, 5) is 29.3. The number of nitrogens with zero attached hydrogens (tertiary/aromatic N) is 1. The van der Waals surface area contributed by atoms with E-state index in [0.29, 0.717) is 0 Å². The fourth-order valence-electron chi connectivity index (χ4n) is 3.33. The molecule has 1 aliphatic rings. The standard InChI is InChI=1S/C25H37NO11S.Na/c1-15(27)26-18-20(36-23(29)25(5,6)7)19(37-38(30,31)32)17(14-34-22(28)24(2,3)4)35-21(18)33-13-16-11-9-8-10-12-16;/h8-12,17-21H,13-14H2,1-7H3,(H,26,27)(H,30,31,32);/q;+1/p-1/t17-,18-,19-,20-,21+;/m1./s1. The van der Waals surface area contributed by atoms with Gasteiger partial charge in [0.05, 0.1) is 17.4 Å². The summed E-state index contributed by atoms with van der Waals surface area (Å²) in [6.45, 7) is 10.1. The van der Waals surface area contributed by atoms with Crippen LogP contribution in [0.5, 0.6) is 0 Å². The molecule has 14 heteroatoms. The molecule has 0 unspecified atom stereocenters. The molecule has 0 radical (unpaired) electrons. The topological polar surface area (TPSA) is 170 Å². The summed E-state index contributed by atoms with van der Waals surface area (Å²) in [7, 11) is -5.13. The fourth-order valence-corrected chi connectivity index (χ4v) is 3.84. The molecule has 12 nitrogen and oxygen atoms in total. The van der Waals surface area contributed by atoms with Crippen LogP contribution in [0.25, 0.3) is 0 Å². The van der Waals surface area contributed by atoms with E-state index in [4.69, 9.17) is 23.1 Å². The van der Waals surface area contributed by atoms with Gasteiger partial charge in [-0.25, -0.2) is 4.18 Å². The van der Waals surface area contributed by atoms with Crippen LogP contribution in [-0.2, 0) is 49.7 Å². The number of hydrogen-bond acceptors (Lipinski definition) is 11. The van der Waals surface area contributed by atoms with Crippen LogP contribution in [0.1, 0.15) is 54.0 Å². The molecule has 1 fully saturated rings. The first-order valence-corrected chi connectivity index (χ1v) is 13.3. The van der Waals surface area contributed by atoms with Gasteiger partial charge in [0, 0.05) is 0 Å². The average molecular weight is 582 g/mol. The van der Waals surface area contributed by atoms with Crippen molar-refractivity contribution >= 4 is 28.2 Å². The maximum Gasteiger partial charge on any atom is 1.00 e. The first-order valence-electron chi connectivity index (χ1n) is 11.9. The number of carbonyl (C=O) groups excluding carboxylic acids is 2. The minimum atomic E-state index is -5.13. The molecule has 0 saturated carbocycles. The summed E-state index contributed by atoms with van der Waals surface area (Å²) in [5, 5.41) is 12.1. The summed E-state index contributed by atoms with van der Waals surface area (Å²) >= 11 is 0.